The summed E-state index contributed by atoms with van der Waals surface area (Å²) >= 11 is 7.45. The summed E-state index contributed by atoms with van der Waals surface area (Å²) in [5.74, 6) is -0.0183. The monoisotopic (exact) mass is 498 g/mol. The van der Waals surface area contributed by atoms with Gasteiger partial charge in [0, 0.05) is 30.2 Å². The van der Waals surface area contributed by atoms with Crippen molar-refractivity contribution in [3.05, 3.63) is 45.3 Å². The molecule has 0 aliphatic carbocycles. The molecule has 174 valence electrons. The van der Waals surface area contributed by atoms with Crippen molar-refractivity contribution in [1.82, 2.24) is 4.90 Å². The number of anilines is 2. The van der Waals surface area contributed by atoms with Gasteiger partial charge in [-0.15, -0.1) is 11.3 Å². The number of hydrogen-bond donors (Lipinski definition) is 2. The Morgan fingerprint density at radius 1 is 1.19 bits per heavy atom. The maximum Gasteiger partial charge on any atom is 0.324 e. The number of nitrogens with zero attached hydrogens (tertiary/aromatic N) is 2. The first-order valence-electron chi connectivity index (χ1n) is 10.6. The smallest absolute Gasteiger partial charge is 0.324 e. The molecular formula is C22H28Cl2N4O3S. The molecule has 0 bridgehead atoms. The first-order valence-corrected chi connectivity index (χ1v) is 11.8. The van der Waals surface area contributed by atoms with Crippen LogP contribution in [0.1, 0.15) is 27.7 Å². The highest BCUT2D eigenvalue weighted by atomic mass is 35.5. The van der Waals surface area contributed by atoms with Gasteiger partial charge >= 0.3 is 6.03 Å². The number of carbonyl (C=O) groups is 2. The summed E-state index contributed by atoms with van der Waals surface area (Å²) in [7, 11) is 2.24. The number of halogens is 2. The number of likely N-dealkylation sites (N-methyl/N-ethyl adjacent to an activating group) is 1. The highest BCUT2D eigenvalue weighted by molar-refractivity contribution is 7.17. The molecule has 3 amide bonds. The standard InChI is InChI=1S/C22H27ClN4O3S.ClH/c1-3-27(2)11-8-17-18(14-27)31-20(19(17)21(28)26-9-12-30-13-10-26)25-22(29)24-16-6-4-15(23)5-7-16;/h4-7H,3,8-14H2,1-2H3,(H-,24,25,28,29);1H. The van der Waals surface area contributed by atoms with Crippen LogP contribution >= 0.6 is 22.9 Å². The Kier molecular flexibility index (Phi) is 8.06. The van der Waals surface area contributed by atoms with Crippen molar-refractivity contribution in [3.63, 3.8) is 0 Å². The van der Waals surface area contributed by atoms with Crippen LogP contribution in [0.4, 0.5) is 15.5 Å². The van der Waals surface area contributed by atoms with Crippen LogP contribution in [0.5, 0.6) is 0 Å². The van der Waals surface area contributed by atoms with E-state index in [4.69, 9.17) is 16.3 Å². The maximum atomic E-state index is 13.4. The van der Waals surface area contributed by atoms with Crippen LogP contribution in [0.2, 0.25) is 5.02 Å². The summed E-state index contributed by atoms with van der Waals surface area (Å²) in [6.45, 7) is 7.32. The van der Waals surface area contributed by atoms with Crippen LogP contribution in [0, 0.1) is 0 Å². The largest absolute Gasteiger partial charge is 1.00 e. The van der Waals surface area contributed by atoms with E-state index in [1.807, 2.05) is 4.90 Å². The second-order valence-corrected chi connectivity index (χ2v) is 9.81. The quantitative estimate of drug-likeness (QED) is 0.618. The zero-order valence-corrected chi connectivity index (χ0v) is 20.6. The number of thiophene rings is 1. The number of quaternary nitrogens is 1. The summed E-state index contributed by atoms with van der Waals surface area (Å²) < 4.78 is 6.35. The predicted octanol–water partition coefficient (Wildman–Crippen LogP) is 1.04. The van der Waals surface area contributed by atoms with Gasteiger partial charge in [-0.1, -0.05) is 11.6 Å². The van der Waals surface area contributed by atoms with E-state index in [2.05, 4.69) is 24.6 Å². The Morgan fingerprint density at radius 2 is 1.88 bits per heavy atom. The van der Waals surface area contributed by atoms with Crippen LogP contribution in [0.15, 0.2) is 24.3 Å². The maximum absolute atomic E-state index is 13.4. The zero-order chi connectivity index (χ0) is 22.0. The number of amides is 3. The van der Waals surface area contributed by atoms with Gasteiger partial charge in [-0.2, -0.15) is 0 Å². The summed E-state index contributed by atoms with van der Waals surface area (Å²) in [5.41, 5.74) is 2.38. The third-order valence-electron chi connectivity index (χ3n) is 6.12. The third kappa shape index (κ3) is 5.38. The summed E-state index contributed by atoms with van der Waals surface area (Å²) in [6, 6.07) is 6.55. The predicted molar refractivity (Wildman–Crippen MR) is 124 cm³/mol. The van der Waals surface area contributed by atoms with Gasteiger partial charge in [-0.25, -0.2) is 4.79 Å². The van der Waals surface area contributed by atoms with E-state index >= 15 is 0 Å². The summed E-state index contributed by atoms with van der Waals surface area (Å²) in [5, 5.41) is 6.99. The second-order valence-electron chi connectivity index (χ2n) is 8.27. The van der Waals surface area contributed by atoms with Crippen LogP contribution in [0.25, 0.3) is 0 Å². The van der Waals surface area contributed by atoms with Crippen LogP contribution in [-0.4, -0.2) is 67.8 Å². The van der Waals surface area contributed by atoms with Crippen molar-refractivity contribution in [3.8, 4) is 0 Å². The Labute approximate surface area is 203 Å². The van der Waals surface area contributed by atoms with E-state index < -0.39 is 0 Å². The molecule has 0 saturated carbocycles. The molecule has 2 aromatic rings. The molecule has 0 radical (unpaired) electrons. The molecule has 1 unspecified atom stereocenters. The molecule has 10 heteroatoms. The lowest BCUT2D eigenvalue weighted by Crippen LogP contribution is -3.00. The number of rotatable bonds is 4. The number of urea groups is 1. The molecule has 1 fully saturated rings. The Morgan fingerprint density at radius 3 is 2.53 bits per heavy atom. The summed E-state index contributed by atoms with van der Waals surface area (Å²) in [6.07, 6.45) is 0.835. The normalized spacial score (nSPS) is 20.2. The minimum Gasteiger partial charge on any atom is -1.00 e. The van der Waals surface area contributed by atoms with E-state index in [1.54, 1.807) is 24.3 Å². The lowest BCUT2D eigenvalue weighted by atomic mass is 10.00. The van der Waals surface area contributed by atoms with Crippen molar-refractivity contribution in [1.29, 1.82) is 0 Å². The van der Waals surface area contributed by atoms with Crippen molar-refractivity contribution < 1.29 is 31.2 Å². The van der Waals surface area contributed by atoms with E-state index in [0.717, 1.165) is 36.1 Å². The molecular weight excluding hydrogens is 471 g/mol. The number of nitrogens with one attached hydrogen (secondary N) is 2. The number of morpholine rings is 1. The number of benzene rings is 1. The Balaban J connectivity index is 0.00000289. The van der Waals surface area contributed by atoms with Gasteiger partial charge in [-0.05, 0) is 36.8 Å². The zero-order valence-electron chi connectivity index (χ0n) is 18.2. The van der Waals surface area contributed by atoms with Gasteiger partial charge in [0.25, 0.3) is 5.91 Å². The lowest BCUT2D eigenvalue weighted by Gasteiger charge is -2.37. The van der Waals surface area contributed by atoms with Crippen molar-refractivity contribution in [2.24, 2.45) is 0 Å². The minimum atomic E-state index is -0.371. The summed E-state index contributed by atoms with van der Waals surface area (Å²) in [4.78, 5) is 29.2. The molecule has 2 aliphatic heterocycles. The van der Waals surface area contributed by atoms with Crippen molar-refractivity contribution in [2.75, 3.05) is 57.1 Å². The molecule has 1 aromatic heterocycles. The average Bonchev–Trinajstić information content (AvgIpc) is 3.11. The van der Waals surface area contributed by atoms with E-state index in [1.165, 1.54) is 16.2 Å². The van der Waals surface area contributed by atoms with Crippen molar-refractivity contribution >= 4 is 45.6 Å². The minimum absolute atomic E-state index is 0. The van der Waals surface area contributed by atoms with E-state index in [0.29, 0.717) is 47.6 Å². The first kappa shape index (κ1) is 24.8. The molecule has 7 nitrogen and oxygen atoms in total. The molecule has 1 saturated heterocycles. The molecule has 32 heavy (non-hydrogen) atoms. The van der Waals surface area contributed by atoms with Crippen molar-refractivity contribution in [2.45, 2.75) is 19.9 Å². The fraction of sp³-hybridized carbons (Fsp3) is 0.455. The lowest BCUT2D eigenvalue weighted by molar-refractivity contribution is -0.922. The fourth-order valence-corrected chi connectivity index (χ4v) is 5.55. The number of hydrogen-bond acceptors (Lipinski definition) is 4. The van der Waals surface area contributed by atoms with Gasteiger partial charge < -0.3 is 31.8 Å². The number of ether oxygens (including phenoxy) is 1. The first-order chi connectivity index (χ1) is 14.9. The molecule has 1 aromatic carbocycles. The topological polar surface area (TPSA) is 70.7 Å². The molecule has 2 aliphatic rings. The van der Waals surface area contributed by atoms with E-state index in [9.17, 15) is 9.59 Å². The van der Waals surface area contributed by atoms with Crippen LogP contribution < -0.4 is 23.0 Å². The molecule has 1 atom stereocenters. The highest BCUT2D eigenvalue weighted by Crippen LogP contribution is 2.39. The van der Waals surface area contributed by atoms with Crippen LogP contribution in [-0.2, 0) is 17.7 Å². The SMILES string of the molecule is CC[N+]1(C)CCc2c(sc(NC(=O)Nc3ccc(Cl)cc3)c2C(=O)N2CCOCC2)C1.[Cl-]. The van der Waals surface area contributed by atoms with Gasteiger partial charge in [0.1, 0.15) is 11.5 Å². The Hall–Kier alpha value is -1.84. The number of fused-ring (bicyclic) bond motifs is 1. The molecule has 3 heterocycles. The number of carbonyl (C=O) groups excluding carboxylic acids is 2. The van der Waals surface area contributed by atoms with Gasteiger partial charge in [0.05, 0.1) is 43.8 Å². The van der Waals surface area contributed by atoms with Crippen LogP contribution in [0.3, 0.4) is 0 Å². The molecule has 4 rings (SSSR count). The highest BCUT2D eigenvalue weighted by Gasteiger charge is 2.35. The third-order valence-corrected chi connectivity index (χ3v) is 7.51. The average molecular weight is 499 g/mol. The van der Waals surface area contributed by atoms with E-state index in [-0.39, 0.29) is 24.3 Å². The van der Waals surface area contributed by atoms with Gasteiger partial charge in [-0.3, -0.25) is 10.1 Å². The second kappa shape index (κ2) is 10.4. The molecule has 2 N–H and O–H groups in total. The van der Waals surface area contributed by atoms with Gasteiger partial charge in [0.2, 0.25) is 0 Å². The molecule has 0 spiro atoms. The Bertz CT molecular complexity index is 976. The fourth-order valence-electron chi connectivity index (χ4n) is 4.02. The van der Waals surface area contributed by atoms with Gasteiger partial charge in [0.15, 0.2) is 0 Å².